The van der Waals surface area contributed by atoms with E-state index in [9.17, 15) is 0 Å². The highest BCUT2D eigenvalue weighted by molar-refractivity contribution is 9.11. The molecule has 0 aliphatic carbocycles. The third-order valence-electron chi connectivity index (χ3n) is 3.08. The first-order chi connectivity index (χ1) is 7.72. The van der Waals surface area contributed by atoms with E-state index in [1.807, 2.05) is 0 Å². The molecule has 1 N–H and O–H groups in total. The highest BCUT2D eigenvalue weighted by Gasteiger charge is 2.20. The van der Waals surface area contributed by atoms with Gasteiger partial charge in [-0.05, 0) is 51.8 Å². The summed E-state index contributed by atoms with van der Waals surface area (Å²) in [6.07, 6.45) is 3.68. The van der Waals surface area contributed by atoms with Crippen LogP contribution in [0.5, 0.6) is 0 Å². The molecule has 92 valence electrons. The summed E-state index contributed by atoms with van der Waals surface area (Å²) in [5.74, 6) is 0.744. The molecule has 0 aliphatic heterocycles. The Morgan fingerprint density at radius 1 is 1.31 bits per heavy atom. The Balaban J connectivity index is 2.77. The van der Waals surface area contributed by atoms with Gasteiger partial charge in [-0.2, -0.15) is 0 Å². The maximum absolute atomic E-state index is 3.69. The summed E-state index contributed by atoms with van der Waals surface area (Å²) in [6.45, 7) is 7.90. The normalized spacial score (nSPS) is 13.3. The zero-order valence-corrected chi connectivity index (χ0v) is 12.8. The van der Waals surface area contributed by atoms with Crippen molar-refractivity contribution in [3.8, 4) is 0 Å². The van der Waals surface area contributed by atoms with Gasteiger partial charge < -0.3 is 5.32 Å². The van der Waals surface area contributed by atoms with Crippen LogP contribution in [0.1, 0.15) is 51.6 Å². The second-order valence-corrected chi connectivity index (χ2v) is 6.48. The lowest BCUT2D eigenvalue weighted by Gasteiger charge is -2.26. The van der Waals surface area contributed by atoms with E-state index in [1.54, 1.807) is 11.3 Å². The smallest absolute Gasteiger partial charge is 0.0701 e. The third-order valence-corrected chi connectivity index (χ3v) is 4.60. The van der Waals surface area contributed by atoms with E-state index in [2.05, 4.69) is 53.5 Å². The van der Waals surface area contributed by atoms with Crippen LogP contribution in [0.2, 0.25) is 0 Å². The topological polar surface area (TPSA) is 12.0 Å². The molecule has 1 atom stereocenters. The van der Waals surface area contributed by atoms with Crippen LogP contribution in [0.3, 0.4) is 0 Å². The van der Waals surface area contributed by atoms with Crippen molar-refractivity contribution in [2.75, 3.05) is 6.54 Å². The molecule has 0 saturated heterocycles. The fourth-order valence-corrected chi connectivity index (χ4v) is 3.32. The van der Waals surface area contributed by atoms with Crippen molar-refractivity contribution in [3.05, 3.63) is 20.8 Å². The largest absolute Gasteiger partial charge is 0.310 e. The van der Waals surface area contributed by atoms with Gasteiger partial charge in [-0.3, -0.25) is 0 Å². The predicted molar refractivity (Wildman–Crippen MR) is 77.1 cm³/mol. The Morgan fingerprint density at radius 2 is 2.00 bits per heavy atom. The van der Waals surface area contributed by atoms with Crippen molar-refractivity contribution >= 4 is 27.3 Å². The molecule has 1 heterocycles. The fraction of sp³-hybridized carbons (Fsp3) is 0.692. The molecular formula is C13H22BrNS. The molecule has 1 aromatic heterocycles. The van der Waals surface area contributed by atoms with Crippen molar-refractivity contribution < 1.29 is 0 Å². The van der Waals surface area contributed by atoms with Crippen LogP contribution in [-0.4, -0.2) is 6.54 Å². The molecule has 0 bridgehead atoms. The molecule has 1 unspecified atom stereocenters. The Morgan fingerprint density at radius 3 is 2.44 bits per heavy atom. The molecule has 1 rings (SSSR count). The molecule has 3 heteroatoms. The van der Waals surface area contributed by atoms with Crippen LogP contribution in [-0.2, 0) is 0 Å². The summed E-state index contributed by atoms with van der Waals surface area (Å²) in [6, 6.07) is 2.79. The Kier molecular flexibility index (Phi) is 6.62. The third kappa shape index (κ3) is 3.86. The number of rotatable bonds is 7. The zero-order valence-electron chi connectivity index (χ0n) is 10.4. The van der Waals surface area contributed by atoms with E-state index in [1.165, 1.54) is 28.6 Å². The molecule has 16 heavy (non-hydrogen) atoms. The summed E-state index contributed by atoms with van der Waals surface area (Å²) in [5.41, 5.74) is 1.44. The minimum atomic E-state index is 0.525. The molecule has 0 saturated carbocycles. The SMILES string of the molecule is CCCNC(c1csc(Br)c1)C(CC)CC. The molecule has 1 aromatic rings. The first kappa shape index (κ1) is 14.2. The van der Waals surface area contributed by atoms with Gasteiger partial charge in [-0.15, -0.1) is 11.3 Å². The summed E-state index contributed by atoms with van der Waals surface area (Å²) in [4.78, 5) is 0. The van der Waals surface area contributed by atoms with Crippen LogP contribution in [0.4, 0.5) is 0 Å². The Labute approximate surface area is 112 Å². The molecule has 0 fully saturated rings. The highest BCUT2D eigenvalue weighted by Crippen LogP contribution is 2.32. The van der Waals surface area contributed by atoms with Gasteiger partial charge in [-0.1, -0.05) is 33.6 Å². The minimum Gasteiger partial charge on any atom is -0.310 e. The van der Waals surface area contributed by atoms with E-state index < -0.39 is 0 Å². The van der Waals surface area contributed by atoms with E-state index in [0.29, 0.717) is 6.04 Å². The summed E-state index contributed by atoms with van der Waals surface area (Å²) in [5, 5.41) is 5.96. The van der Waals surface area contributed by atoms with Crippen molar-refractivity contribution in [1.29, 1.82) is 0 Å². The first-order valence-electron chi connectivity index (χ1n) is 6.20. The molecule has 0 spiro atoms. The molecule has 0 amide bonds. The van der Waals surface area contributed by atoms with Gasteiger partial charge in [0.25, 0.3) is 0 Å². The van der Waals surface area contributed by atoms with E-state index in [0.717, 1.165) is 12.5 Å². The van der Waals surface area contributed by atoms with Crippen molar-refractivity contribution in [2.45, 2.75) is 46.1 Å². The number of thiophene rings is 1. The highest BCUT2D eigenvalue weighted by atomic mass is 79.9. The number of hydrogen-bond donors (Lipinski definition) is 1. The van der Waals surface area contributed by atoms with Crippen LogP contribution >= 0.6 is 27.3 Å². The second kappa shape index (κ2) is 7.46. The van der Waals surface area contributed by atoms with Crippen molar-refractivity contribution in [1.82, 2.24) is 5.32 Å². The standard InChI is InChI=1S/C13H22BrNS/c1-4-7-15-13(10(5-2)6-3)11-8-12(14)16-9-11/h8-10,13,15H,4-7H2,1-3H3. The summed E-state index contributed by atoms with van der Waals surface area (Å²) in [7, 11) is 0. The van der Waals surface area contributed by atoms with Gasteiger partial charge in [0.2, 0.25) is 0 Å². The fourth-order valence-electron chi connectivity index (χ4n) is 2.10. The second-order valence-electron chi connectivity index (χ2n) is 4.19. The molecular weight excluding hydrogens is 282 g/mol. The van der Waals surface area contributed by atoms with Crippen molar-refractivity contribution in [2.24, 2.45) is 5.92 Å². The van der Waals surface area contributed by atoms with E-state index >= 15 is 0 Å². The lowest BCUT2D eigenvalue weighted by atomic mass is 9.90. The summed E-state index contributed by atoms with van der Waals surface area (Å²) < 4.78 is 1.23. The first-order valence-corrected chi connectivity index (χ1v) is 7.87. The Hall–Kier alpha value is 0.140. The van der Waals surface area contributed by atoms with Crippen molar-refractivity contribution in [3.63, 3.8) is 0 Å². The minimum absolute atomic E-state index is 0.525. The maximum Gasteiger partial charge on any atom is 0.0701 e. The maximum atomic E-state index is 3.69. The number of nitrogens with one attached hydrogen (secondary N) is 1. The zero-order chi connectivity index (χ0) is 12.0. The lowest BCUT2D eigenvalue weighted by molar-refractivity contribution is 0.342. The summed E-state index contributed by atoms with van der Waals surface area (Å²) >= 11 is 5.33. The van der Waals surface area contributed by atoms with E-state index in [-0.39, 0.29) is 0 Å². The predicted octanol–water partition coefficient (Wildman–Crippen LogP) is 4.99. The average Bonchev–Trinajstić information content (AvgIpc) is 2.71. The quantitative estimate of drug-likeness (QED) is 0.748. The van der Waals surface area contributed by atoms with Gasteiger partial charge in [0.1, 0.15) is 0 Å². The number of halogens is 1. The van der Waals surface area contributed by atoms with Gasteiger partial charge >= 0.3 is 0 Å². The number of hydrogen-bond acceptors (Lipinski definition) is 2. The van der Waals surface area contributed by atoms with Crippen LogP contribution < -0.4 is 5.32 Å². The monoisotopic (exact) mass is 303 g/mol. The van der Waals surface area contributed by atoms with Crippen LogP contribution in [0.25, 0.3) is 0 Å². The van der Waals surface area contributed by atoms with Gasteiger partial charge in [-0.25, -0.2) is 0 Å². The van der Waals surface area contributed by atoms with Gasteiger partial charge in [0, 0.05) is 6.04 Å². The Bertz CT molecular complexity index is 294. The van der Waals surface area contributed by atoms with Crippen LogP contribution in [0.15, 0.2) is 15.2 Å². The van der Waals surface area contributed by atoms with E-state index in [4.69, 9.17) is 0 Å². The molecule has 0 aromatic carbocycles. The molecule has 0 radical (unpaired) electrons. The lowest BCUT2D eigenvalue weighted by Crippen LogP contribution is -2.28. The van der Waals surface area contributed by atoms with Gasteiger partial charge in [0.05, 0.1) is 3.79 Å². The van der Waals surface area contributed by atoms with Crippen LogP contribution in [0, 0.1) is 5.92 Å². The average molecular weight is 304 g/mol. The van der Waals surface area contributed by atoms with Gasteiger partial charge in [0.15, 0.2) is 0 Å². The molecule has 0 aliphatic rings. The molecule has 1 nitrogen and oxygen atoms in total.